The van der Waals surface area contributed by atoms with E-state index in [1.165, 1.54) is 22.7 Å². The Bertz CT molecular complexity index is 539. The van der Waals surface area contributed by atoms with Gasteiger partial charge in [-0.1, -0.05) is 28.8 Å². The molecule has 0 saturated heterocycles. The van der Waals surface area contributed by atoms with Gasteiger partial charge < -0.3 is 5.43 Å². The van der Waals surface area contributed by atoms with E-state index in [0.29, 0.717) is 0 Å². The molecule has 0 bridgehead atoms. The summed E-state index contributed by atoms with van der Waals surface area (Å²) in [5.74, 6) is 5.44. The van der Waals surface area contributed by atoms with Gasteiger partial charge in [0.25, 0.3) is 0 Å². The predicted octanol–water partition coefficient (Wildman–Crippen LogP) is 1.38. The van der Waals surface area contributed by atoms with Crippen LogP contribution in [0.2, 0.25) is 0 Å². The van der Waals surface area contributed by atoms with Crippen LogP contribution in [0.25, 0.3) is 0 Å². The number of anilines is 1. The van der Waals surface area contributed by atoms with Crippen LogP contribution < -0.4 is 11.3 Å². The van der Waals surface area contributed by atoms with Crippen molar-refractivity contribution in [3.8, 4) is 0 Å². The highest BCUT2D eigenvalue weighted by molar-refractivity contribution is 7.10. The first-order valence-electron chi connectivity index (χ1n) is 5.94. The molecule has 3 rings (SSSR count). The SMILES string of the molecule is NNc1snnc1CN1CCc2ccccc2C1. The van der Waals surface area contributed by atoms with Crippen LogP contribution in [0.15, 0.2) is 24.3 Å². The average molecular weight is 261 g/mol. The third-order valence-corrected chi connectivity index (χ3v) is 3.97. The molecule has 1 aliphatic heterocycles. The molecular formula is C12H15N5S. The van der Waals surface area contributed by atoms with Crippen LogP contribution in [-0.2, 0) is 19.5 Å². The molecule has 0 aliphatic carbocycles. The van der Waals surface area contributed by atoms with Gasteiger partial charge in [0.05, 0.1) is 0 Å². The number of fused-ring (bicyclic) bond motifs is 1. The first-order chi connectivity index (χ1) is 8.86. The van der Waals surface area contributed by atoms with Crippen LogP contribution in [0, 0.1) is 0 Å². The van der Waals surface area contributed by atoms with Gasteiger partial charge >= 0.3 is 0 Å². The fraction of sp³-hybridized carbons (Fsp3) is 0.333. The summed E-state index contributed by atoms with van der Waals surface area (Å²) < 4.78 is 3.93. The van der Waals surface area contributed by atoms with Crippen LogP contribution >= 0.6 is 11.5 Å². The van der Waals surface area contributed by atoms with Crippen LogP contribution in [0.5, 0.6) is 0 Å². The van der Waals surface area contributed by atoms with E-state index in [0.717, 1.165) is 36.8 Å². The molecule has 2 aromatic rings. The lowest BCUT2D eigenvalue weighted by molar-refractivity contribution is 0.243. The number of aromatic nitrogens is 2. The number of hydrazine groups is 1. The Kier molecular flexibility index (Phi) is 3.22. The fourth-order valence-corrected chi connectivity index (χ4v) is 2.81. The minimum atomic E-state index is 0.796. The van der Waals surface area contributed by atoms with E-state index in [1.807, 2.05) is 0 Å². The zero-order valence-electron chi connectivity index (χ0n) is 9.97. The van der Waals surface area contributed by atoms with Crippen molar-refractivity contribution in [1.29, 1.82) is 0 Å². The van der Waals surface area contributed by atoms with E-state index in [9.17, 15) is 0 Å². The Morgan fingerprint density at radius 1 is 1.33 bits per heavy atom. The summed E-state index contributed by atoms with van der Waals surface area (Å²) in [4.78, 5) is 2.37. The molecule has 18 heavy (non-hydrogen) atoms. The third-order valence-electron chi connectivity index (χ3n) is 3.27. The second kappa shape index (κ2) is 5.01. The first-order valence-corrected chi connectivity index (χ1v) is 6.71. The number of nitrogens with zero attached hydrogens (tertiary/aromatic N) is 3. The summed E-state index contributed by atoms with van der Waals surface area (Å²) >= 11 is 1.30. The Labute approximate surface area is 110 Å². The second-order valence-corrected chi connectivity index (χ2v) is 5.18. The van der Waals surface area contributed by atoms with Gasteiger partial charge in [0.2, 0.25) is 0 Å². The molecule has 1 aliphatic rings. The molecular weight excluding hydrogens is 246 g/mol. The average Bonchev–Trinajstić information content (AvgIpc) is 2.86. The number of benzene rings is 1. The lowest BCUT2D eigenvalue weighted by Gasteiger charge is -2.28. The Morgan fingerprint density at radius 3 is 3.00 bits per heavy atom. The number of nitrogens with two attached hydrogens (primary N) is 1. The summed E-state index contributed by atoms with van der Waals surface area (Å²) in [6.45, 7) is 2.82. The van der Waals surface area contributed by atoms with Crippen molar-refractivity contribution in [2.75, 3.05) is 12.0 Å². The molecule has 0 saturated carbocycles. The number of nitrogen functional groups attached to an aromatic ring is 1. The summed E-state index contributed by atoms with van der Waals surface area (Å²) in [7, 11) is 0. The molecule has 0 radical (unpaired) electrons. The number of hydrogen-bond donors (Lipinski definition) is 2. The Balaban J connectivity index is 1.73. The summed E-state index contributed by atoms with van der Waals surface area (Å²) in [6.07, 6.45) is 1.10. The zero-order chi connectivity index (χ0) is 12.4. The van der Waals surface area contributed by atoms with Gasteiger partial charge in [-0.2, -0.15) is 0 Å². The highest BCUT2D eigenvalue weighted by Gasteiger charge is 2.18. The Morgan fingerprint density at radius 2 is 2.17 bits per heavy atom. The maximum absolute atomic E-state index is 5.44. The van der Waals surface area contributed by atoms with Gasteiger partial charge in [0.15, 0.2) is 0 Å². The Hall–Kier alpha value is -1.50. The predicted molar refractivity (Wildman–Crippen MR) is 72.0 cm³/mol. The van der Waals surface area contributed by atoms with Gasteiger partial charge in [-0.25, -0.2) is 5.84 Å². The first kappa shape index (κ1) is 11.6. The van der Waals surface area contributed by atoms with Crippen molar-refractivity contribution in [3.05, 3.63) is 41.1 Å². The molecule has 0 unspecified atom stereocenters. The van der Waals surface area contributed by atoms with Crippen LogP contribution in [0.1, 0.15) is 16.8 Å². The molecule has 1 aromatic carbocycles. The van der Waals surface area contributed by atoms with E-state index < -0.39 is 0 Å². The number of hydrogen-bond acceptors (Lipinski definition) is 6. The lowest BCUT2D eigenvalue weighted by atomic mass is 10.00. The van der Waals surface area contributed by atoms with Gasteiger partial charge in [-0.05, 0) is 17.5 Å². The van der Waals surface area contributed by atoms with Crippen molar-refractivity contribution in [2.24, 2.45) is 5.84 Å². The molecule has 3 N–H and O–H groups in total. The monoisotopic (exact) mass is 261 g/mol. The van der Waals surface area contributed by atoms with Crippen LogP contribution in [0.4, 0.5) is 5.00 Å². The normalized spacial score (nSPS) is 15.4. The van der Waals surface area contributed by atoms with E-state index in [4.69, 9.17) is 5.84 Å². The van der Waals surface area contributed by atoms with Gasteiger partial charge in [-0.15, -0.1) is 5.10 Å². The highest BCUT2D eigenvalue weighted by atomic mass is 32.1. The van der Waals surface area contributed by atoms with Crippen molar-refractivity contribution < 1.29 is 0 Å². The van der Waals surface area contributed by atoms with E-state index in [2.05, 4.69) is 44.2 Å². The number of rotatable bonds is 3. The standard InChI is InChI=1S/C12H15N5S/c13-14-12-11(15-16-18-12)8-17-6-5-9-3-1-2-4-10(9)7-17/h1-4,14H,5-8,13H2. The lowest BCUT2D eigenvalue weighted by Crippen LogP contribution is -2.30. The summed E-state index contributed by atoms with van der Waals surface area (Å²) in [5.41, 5.74) is 6.46. The molecule has 5 nitrogen and oxygen atoms in total. The molecule has 1 aromatic heterocycles. The van der Waals surface area contributed by atoms with Crippen LogP contribution in [0.3, 0.4) is 0 Å². The third kappa shape index (κ3) is 2.22. The minimum absolute atomic E-state index is 0.796. The van der Waals surface area contributed by atoms with Crippen molar-refractivity contribution in [2.45, 2.75) is 19.5 Å². The number of nitrogens with one attached hydrogen (secondary N) is 1. The maximum atomic E-state index is 5.44. The summed E-state index contributed by atoms with van der Waals surface area (Å²) in [5, 5.41) is 4.98. The quantitative estimate of drug-likeness (QED) is 0.645. The van der Waals surface area contributed by atoms with Gasteiger partial charge in [0, 0.05) is 31.2 Å². The second-order valence-electron chi connectivity index (χ2n) is 4.42. The van der Waals surface area contributed by atoms with Crippen molar-refractivity contribution in [1.82, 2.24) is 14.5 Å². The highest BCUT2D eigenvalue weighted by Crippen LogP contribution is 2.23. The molecule has 0 fully saturated rings. The smallest absolute Gasteiger partial charge is 0.148 e. The molecule has 6 heteroatoms. The molecule has 0 amide bonds. The van der Waals surface area contributed by atoms with Crippen LogP contribution in [-0.4, -0.2) is 21.0 Å². The fourth-order valence-electron chi connectivity index (χ4n) is 2.32. The zero-order valence-corrected chi connectivity index (χ0v) is 10.8. The van der Waals surface area contributed by atoms with Gasteiger partial charge in [-0.3, -0.25) is 4.90 Å². The molecule has 94 valence electrons. The maximum Gasteiger partial charge on any atom is 0.148 e. The molecule has 0 spiro atoms. The van der Waals surface area contributed by atoms with Crippen molar-refractivity contribution >= 4 is 16.5 Å². The van der Waals surface area contributed by atoms with E-state index >= 15 is 0 Å². The molecule has 0 atom stereocenters. The van der Waals surface area contributed by atoms with Crippen molar-refractivity contribution in [3.63, 3.8) is 0 Å². The largest absolute Gasteiger partial charge is 0.313 e. The topological polar surface area (TPSA) is 67.1 Å². The minimum Gasteiger partial charge on any atom is -0.313 e. The van der Waals surface area contributed by atoms with Gasteiger partial charge in [0.1, 0.15) is 10.7 Å². The molecule has 2 heterocycles. The summed E-state index contributed by atoms with van der Waals surface area (Å²) in [6, 6.07) is 8.61. The van der Waals surface area contributed by atoms with E-state index in [-0.39, 0.29) is 0 Å². The van der Waals surface area contributed by atoms with E-state index in [1.54, 1.807) is 0 Å².